The van der Waals surface area contributed by atoms with Gasteiger partial charge in [0.05, 0.1) is 8.07 Å². The number of hydrogen-bond donors (Lipinski definition) is 0. The number of carbonyl (C=O) groups is 1. The van der Waals surface area contributed by atoms with Gasteiger partial charge in [0.15, 0.2) is 0 Å². The van der Waals surface area contributed by atoms with Crippen LogP contribution in [0.1, 0.15) is 19.3 Å². The van der Waals surface area contributed by atoms with Gasteiger partial charge in [-0.2, -0.15) is 0 Å². The van der Waals surface area contributed by atoms with Crippen LogP contribution >= 0.6 is 0 Å². The van der Waals surface area contributed by atoms with Crippen LogP contribution in [0.2, 0.25) is 18.6 Å². The predicted octanol–water partition coefficient (Wildman–Crippen LogP) is 3.71. The zero-order valence-corrected chi connectivity index (χ0v) is 15.1. The lowest BCUT2D eigenvalue weighted by Crippen LogP contribution is -2.77. The van der Waals surface area contributed by atoms with Gasteiger partial charge in [-0.3, -0.25) is 4.79 Å². The van der Waals surface area contributed by atoms with Crippen molar-refractivity contribution in [3.05, 3.63) is 30.3 Å². The fourth-order valence-electron chi connectivity index (χ4n) is 7.98. The van der Waals surface area contributed by atoms with Crippen LogP contribution in [0.25, 0.3) is 0 Å². The Morgan fingerprint density at radius 1 is 0.870 bits per heavy atom. The molecule has 23 heavy (non-hydrogen) atoms. The van der Waals surface area contributed by atoms with Crippen LogP contribution in [0.15, 0.2) is 30.3 Å². The minimum absolute atomic E-state index is 0.489. The van der Waals surface area contributed by atoms with Crippen molar-refractivity contribution in [3.63, 3.8) is 0 Å². The summed E-state index contributed by atoms with van der Waals surface area (Å²) in [5.41, 5.74) is 0.712. The molecule has 1 nitrogen and oxygen atoms in total. The molecule has 0 N–H and O–H groups in total. The van der Waals surface area contributed by atoms with Crippen molar-refractivity contribution in [1.82, 2.24) is 0 Å². The topological polar surface area (TPSA) is 17.1 Å². The van der Waals surface area contributed by atoms with Crippen LogP contribution in [-0.4, -0.2) is 13.9 Å². The molecule has 5 saturated carbocycles. The third kappa shape index (κ3) is 1.33. The van der Waals surface area contributed by atoms with Gasteiger partial charge in [-0.05, 0) is 59.8 Å². The molecule has 0 radical (unpaired) electrons. The monoisotopic (exact) mass is 322 g/mol. The van der Waals surface area contributed by atoms with E-state index in [1.54, 1.807) is 5.19 Å². The van der Waals surface area contributed by atoms with E-state index in [9.17, 15) is 4.79 Å². The molecular weight excluding hydrogens is 296 g/mol. The summed E-state index contributed by atoms with van der Waals surface area (Å²) in [5.74, 6) is 7.88. The second kappa shape index (κ2) is 4.01. The van der Waals surface area contributed by atoms with Gasteiger partial charge >= 0.3 is 0 Å². The Morgan fingerprint density at radius 2 is 1.52 bits per heavy atom. The minimum Gasteiger partial charge on any atom is -0.299 e. The standard InChI is InChI=1S/C21H26OSi/c1-23(2,11-6-4-3-5-7-11)15-10-14(22)18-19(15)21-17-13-9-8-12(13)16(17)20(18)21/h3-7,12-13,15-21H,8-10H2,1-2H3/t12-,13+,15+,16+,17-,18-,19+,20+,21-/m0/s1. The van der Waals surface area contributed by atoms with Gasteiger partial charge in [0.25, 0.3) is 0 Å². The SMILES string of the molecule is C[Si](C)(c1ccccc1)[C@@H]1CC(=O)[C@@H]2[C@H]3[C@@H]4[C@H]5CC[C@H]5[C@@H]4[C@H]3[C@@H]21. The molecule has 0 aromatic heterocycles. The first-order valence-electron chi connectivity index (χ1n) is 9.69. The third-order valence-electron chi connectivity index (χ3n) is 9.13. The van der Waals surface area contributed by atoms with Crippen LogP contribution in [0.5, 0.6) is 0 Å². The highest BCUT2D eigenvalue weighted by Gasteiger charge is 2.80. The van der Waals surface area contributed by atoms with E-state index in [-0.39, 0.29) is 0 Å². The lowest BCUT2D eigenvalue weighted by atomic mass is 9.24. The normalized spacial score (nSPS) is 51.9. The number of ketones is 1. The number of rotatable bonds is 2. The first-order chi connectivity index (χ1) is 11.1. The van der Waals surface area contributed by atoms with Crippen molar-refractivity contribution in [3.8, 4) is 0 Å². The van der Waals surface area contributed by atoms with Gasteiger partial charge in [-0.15, -0.1) is 0 Å². The molecule has 9 atom stereocenters. The lowest BCUT2D eigenvalue weighted by molar-refractivity contribution is -0.325. The van der Waals surface area contributed by atoms with Crippen molar-refractivity contribution in [1.29, 1.82) is 0 Å². The van der Waals surface area contributed by atoms with E-state index in [1.807, 2.05) is 0 Å². The van der Waals surface area contributed by atoms with E-state index in [1.165, 1.54) is 12.8 Å². The summed E-state index contributed by atoms with van der Waals surface area (Å²) >= 11 is 0. The van der Waals surface area contributed by atoms with Crippen LogP contribution in [0.4, 0.5) is 0 Å². The Kier molecular flexibility index (Phi) is 2.34. The van der Waals surface area contributed by atoms with Crippen LogP contribution in [-0.2, 0) is 4.79 Å². The molecule has 2 heteroatoms. The maximum absolute atomic E-state index is 12.8. The smallest absolute Gasteiger partial charge is 0.136 e. The van der Waals surface area contributed by atoms with Gasteiger partial charge in [0.2, 0.25) is 0 Å². The molecule has 0 heterocycles. The van der Waals surface area contributed by atoms with E-state index >= 15 is 0 Å². The molecule has 0 saturated heterocycles. The molecule has 1 aromatic carbocycles. The molecule has 1 aromatic rings. The van der Waals surface area contributed by atoms with Crippen molar-refractivity contribution in [2.75, 3.05) is 0 Å². The third-order valence-corrected chi connectivity index (χ3v) is 13.4. The van der Waals surface area contributed by atoms with Crippen molar-refractivity contribution < 1.29 is 4.79 Å². The highest BCUT2D eigenvalue weighted by Crippen LogP contribution is 2.83. The van der Waals surface area contributed by atoms with Crippen molar-refractivity contribution in [2.24, 2.45) is 47.3 Å². The zero-order chi connectivity index (χ0) is 15.5. The molecule has 5 fully saturated rings. The number of hydrogen-bond acceptors (Lipinski definition) is 1. The van der Waals surface area contributed by atoms with Gasteiger partial charge in [-0.1, -0.05) is 48.6 Å². The number of fused-ring (bicyclic) bond motifs is 10. The molecule has 0 aliphatic heterocycles. The largest absolute Gasteiger partial charge is 0.299 e. The average molecular weight is 323 g/mol. The second-order valence-corrected chi connectivity index (χ2v) is 14.4. The fraction of sp³-hybridized carbons (Fsp3) is 0.667. The molecule has 0 bridgehead atoms. The summed E-state index contributed by atoms with van der Waals surface area (Å²) in [7, 11) is -1.55. The highest BCUT2D eigenvalue weighted by atomic mass is 28.3. The Morgan fingerprint density at radius 3 is 2.17 bits per heavy atom. The quantitative estimate of drug-likeness (QED) is 0.599. The molecule has 5 aliphatic rings. The first kappa shape index (κ1) is 13.4. The summed E-state index contributed by atoms with van der Waals surface area (Å²) in [6, 6.07) is 11.2. The zero-order valence-electron chi connectivity index (χ0n) is 14.1. The van der Waals surface area contributed by atoms with E-state index < -0.39 is 8.07 Å². The maximum atomic E-state index is 12.8. The highest BCUT2D eigenvalue weighted by molar-refractivity contribution is 6.91. The summed E-state index contributed by atoms with van der Waals surface area (Å²) in [4.78, 5) is 12.8. The lowest BCUT2D eigenvalue weighted by Gasteiger charge is -2.80. The summed E-state index contributed by atoms with van der Waals surface area (Å²) < 4.78 is 0. The molecule has 0 amide bonds. The molecule has 120 valence electrons. The molecule has 5 aliphatic carbocycles. The van der Waals surface area contributed by atoms with Gasteiger partial charge in [-0.25, -0.2) is 0 Å². The second-order valence-electron chi connectivity index (χ2n) is 9.68. The number of carbonyl (C=O) groups excluding carboxylic acids is 1. The Balaban J connectivity index is 1.34. The maximum Gasteiger partial charge on any atom is 0.136 e. The number of Topliss-reactive ketones (excluding diaryl/α,β-unsaturated/α-hetero) is 1. The van der Waals surface area contributed by atoms with Crippen LogP contribution in [0, 0.1) is 47.3 Å². The van der Waals surface area contributed by atoms with Gasteiger partial charge in [0.1, 0.15) is 5.78 Å². The van der Waals surface area contributed by atoms with Crippen molar-refractivity contribution in [2.45, 2.75) is 37.9 Å². The Labute approximate surface area is 139 Å². The molecular formula is C21H26OSi. The summed E-state index contributed by atoms with van der Waals surface area (Å²) in [6.45, 7) is 5.05. The van der Waals surface area contributed by atoms with Gasteiger partial charge < -0.3 is 0 Å². The summed E-state index contributed by atoms with van der Waals surface area (Å²) in [5, 5.41) is 1.56. The van der Waals surface area contributed by atoms with Gasteiger partial charge in [0, 0.05) is 12.3 Å². The van der Waals surface area contributed by atoms with E-state index in [2.05, 4.69) is 43.4 Å². The van der Waals surface area contributed by atoms with Crippen LogP contribution < -0.4 is 5.19 Å². The fourth-order valence-corrected chi connectivity index (χ4v) is 11.6. The van der Waals surface area contributed by atoms with Crippen LogP contribution in [0.3, 0.4) is 0 Å². The van der Waals surface area contributed by atoms with E-state index in [0.29, 0.717) is 17.2 Å². The Hall–Kier alpha value is -0.893. The molecule has 6 rings (SSSR count). The molecule has 0 unspecified atom stereocenters. The average Bonchev–Trinajstić information content (AvgIpc) is 2.79. The Bertz CT molecular complexity index is 695. The van der Waals surface area contributed by atoms with E-state index in [0.717, 1.165) is 47.8 Å². The minimum atomic E-state index is -1.55. The van der Waals surface area contributed by atoms with Crippen molar-refractivity contribution >= 4 is 19.0 Å². The molecule has 0 spiro atoms. The van der Waals surface area contributed by atoms with E-state index in [4.69, 9.17) is 0 Å². The number of benzene rings is 1. The first-order valence-corrected chi connectivity index (χ1v) is 12.8. The predicted molar refractivity (Wildman–Crippen MR) is 94.1 cm³/mol. The summed E-state index contributed by atoms with van der Waals surface area (Å²) in [6.07, 6.45) is 3.89.